The zero-order valence-corrected chi connectivity index (χ0v) is 9.31. The highest BCUT2D eigenvalue weighted by Crippen LogP contribution is 1.90. The lowest BCUT2D eigenvalue weighted by Gasteiger charge is -2.21. The number of ether oxygens (including phenoxy) is 1. The van der Waals surface area contributed by atoms with Crippen molar-refractivity contribution in [3.8, 4) is 0 Å². The maximum Gasteiger partial charge on any atom is 0.222 e. The lowest BCUT2D eigenvalue weighted by atomic mass is 10.5. The van der Waals surface area contributed by atoms with Crippen LogP contribution in [-0.4, -0.2) is 55.3 Å². The van der Waals surface area contributed by atoms with Crippen LogP contribution < -0.4 is 5.32 Å². The summed E-state index contributed by atoms with van der Waals surface area (Å²) >= 11 is 0. The van der Waals surface area contributed by atoms with Gasteiger partial charge in [0.05, 0.1) is 13.2 Å². The maximum absolute atomic E-state index is 5.10. The molecular formula is C10H18N4O. The first-order chi connectivity index (χ1) is 7.33. The third-order valence-corrected chi connectivity index (χ3v) is 2.02. The molecule has 5 heteroatoms. The van der Waals surface area contributed by atoms with Gasteiger partial charge in [-0.2, -0.15) is 0 Å². The number of nitrogens with zero attached hydrogens (tertiary/aromatic N) is 3. The molecule has 1 saturated heterocycles. The van der Waals surface area contributed by atoms with Gasteiger partial charge in [0.15, 0.2) is 0 Å². The van der Waals surface area contributed by atoms with E-state index in [-0.39, 0.29) is 0 Å². The van der Waals surface area contributed by atoms with Crippen LogP contribution in [-0.2, 0) is 4.74 Å². The van der Waals surface area contributed by atoms with Crippen molar-refractivity contribution in [1.82, 2.24) is 14.9 Å². The predicted octanol–water partition coefficient (Wildman–Crippen LogP) is 0.467. The van der Waals surface area contributed by atoms with Crippen LogP contribution in [0.2, 0.25) is 0 Å². The SMILES string of the molecule is CN1CCOCC1.CNc1ncccn1. The summed E-state index contributed by atoms with van der Waals surface area (Å²) in [5.74, 6) is 0.660. The molecule has 2 heterocycles. The minimum absolute atomic E-state index is 0.660. The molecule has 0 atom stereocenters. The Morgan fingerprint density at radius 1 is 1.27 bits per heavy atom. The van der Waals surface area contributed by atoms with Crippen molar-refractivity contribution in [1.29, 1.82) is 0 Å². The second-order valence-electron chi connectivity index (χ2n) is 3.24. The van der Waals surface area contributed by atoms with Gasteiger partial charge in [0.1, 0.15) is 0 Å². The summed E-state index contributed by atoms with van der Waals surface area (Å²) < 4.78 is 5.10. The van der Waals surface area contributed by atoms with Crippen LogP contribution in [0.1, 0.15) is 0 Å². The average molecular weight is 210 g/mol. The predicted molar refractivity (Wildman–Crippen MR) is 59.9 cm³/mol. The molecular weight excluding hydrogens is 192 g/mol. The molecule has 0 amide bonds. The van der Waals surface area contributed by atoms with E-state index >= 15 is 0 Å². The Balaban J connectivity index is 0.000000151. The first-order valence-electron chi connectivity index (χ1n) is 5.04. The van der Waals surface area contributed by atoms with Crippen molar-refractivity contribution in [3.63, 3.8) is 0 Å². The monoisotopic (exact) mass is 210 g/mol. The van der Waals surface area contributed by atoms with E-state index in [9.17, 15) is 0 Å². The Hall–Kier alpha value is -1.20. The first kappa shape index (κ1) is 11.9. The number of nitrogens with one attached hydrogen (secondary N) is 1. The molecule has 1 aliphatic heterocycles. The molecule has 5 nitrogen and oxygen atoms in total. The molecule has 0 saturated carbocycles. The van der Waals surface area contributed by atoms with Gasteiger partial charge < -0.3 is 15.0 Å². The molecule has 1 N–H and O–H groups in total. The molecule has 1 aromatic rings. The van der Waals surface area contributed by atoms with E-state index in [0.29, 0.717) is 5.95 Å². The van der Waals surface area contributed by atoms with Gasteiger partial charge in [-0.1, -0.05) is 0 Å². The molecule has 1 aromatic heterocycles. The van der Waals surface area contributed by atoms with Crippen LogP contribution in [0, 0.1) is 0 Å². The van der Waals surface area contributed by atoms with Gasteiger partial charge in [-0.3, -0.25) is 0 Å². The first-order valence-corrected chi connectivity index (χ1v) is 5.04. The number of rotatable bonds is 1. The Morgan fingerprint density at radius 3 is 2.20 bits per heavy atom. The molecule has 0 radical (unpaired) electrons. The summed E-state index contributed by atoms with van der Waals surface area (Å²) in [6, 6.07) is 1.78. The van der Waals surface area contributed by atoms with Gasteiger partial charge in [0, 0.05) is 32.5 Å². The minimum atomic E-state index is 0.660. The highest BCUT2D eigenvalue weighted by atomic mass is 16.5. The fraction of sp³-hybridized carbons (Fsp3) is 0.600. The summed E-state index contributed by atoms with van der Waals surface area (Å²) in [6.45, 7) is 4.02. The number of hydrogen-bond donors (Lipinski definition) is 1. The minimum Gasteiger partial charge on any atom is -0.379 e. The van der Waals surface area contributed by atoms with Crippen LogP contribution in [0.15, 0.2) is 18.5 Å². The number of likely N-dealkylation sites (N-methyl/N-ethyl adjacent to an activating group) is 1. The van der Waals surface area contributed by atoms with Crippen LogP contribution in [0.5, 0.6) is 0 Å². The van der Waals surface area contributed by atoms with E-state index in [0.717, 1.165) is 26.3 Å². The lowest BCUT2D eigenvalue weighted by Crippen LogP contribution is -2.32. The van der Waals surface area contributed by atoms with E-state index in [1.54, 1.807) is 25.5 Å². The largest absolute Gasteiger partial charge is 0.379 e. The van der Waals surface area contributed by atoms with Crippen molar-refractivity contribution in [2.45, 2.75) is 0 Å². The molecule has 15 heavy (non-hydrogen) atoms. The topological polar surface area (TPSA) is 50.3 Å². The van der Waals surface area contributed by atoms with Gasteiger partial charge >= 0.3 is 0 Å². The van der Waals surface area contributed by atoms with Crippen LogP contribution in [0.25, 0.3) is 0 Å². The van der Waals surface area contributed by atoms with E-state index in [4.69, 9.17) is 4.74 Å². The molecule has 0 unspecified atom stereocenters. The highest BCUT2D eigenvalue weighted by molar-refractivity contribution is 5.19. The third kappa shape index (κ3) is 5.29. The molecule has 0 spiro atoms. The fourth-order valence-corrected chi connectivity index (χ4v) is 1.08. The van der Waals surface area contributed by atoms with Gasteiger partial charge in [-0.15, -0.1) is 0 Å². The van der Waals surface area contributed by atoms with Crippen molar-refractivity contribution >= 4 is 5.95 Å². The third-order valence-electron chi connectivity index (χ3n) is 2.02. The Kier molecular flexibility index (Phi) is 5.65. The summed E-state index contributed by atoms with van der Waals surface area (Å²) in [5.41, 5.74) is 0. The summed E-state index contributed by atoms with van der Waals surface area (Å²) in [7, 11) is 3.90. The normalized spacial score (nSPS) is 16.4. The summed E-state index contributed by atoms with van der Waals surface area (Å²) in [6.07, 6.45) is 3.39. The molecule has 0 aromatic carbocycles. The molecule has 2 rings (SSSR count). The Labute approximate surface area is 90.5 Å². The Morgan fingerprint density at radius 2 is 1.87 bits per heavy atom. The fourth-order valence-electron chi connectivity index (χ4n) is 1.08. The molecule has 0 aliphatic carbocycles. The lowest BCUT2D eigenvalue weighted by molar-refractivity contribution is 0.0503. The van der Waals surface area contributed by atoms with Crippen molar-refractivity contribution in [3.05, 3.63) is 18.5 Å². The highest BCUT2D eigenvalue weighted by Gasteiger charge is 2.02. The zero-order chi connectivity index (χ0) is 10.9. The van der Waals surface area contributed by atoms with Crippen molar-refractivity contribution in [2.75, 3.05) is 45.7 Å². The Bertz CT molecular complexity index is 249. The summed E-state index contributed by atoms with van der Waals surface area (Å²) in [4.78, 5) is 10.0. The van der Waals surface area contributed by atoms with Gasteiger partial charge in [0.25, 0.3) is 0 Å². The second-order valence-corrected chi connectivity index (χ2v) is 3.24. The van der Waals surface area contributed by atoms with E-state index in [1.807, 2.05) is 0 Å². The second kappa shape index (κ2) is 7.14. The molecule has 1 fully saturated rings. The number of aromatic nitrogens is 2. The number of hydrogen-bond acceptors (Lipinski definition) is 5. The molecule has 1 aliphatic rings. The quantitative estimate of drug-likeness (QED) is 0.730. The standard InChI is InChI=1S/C5H7N3.C5H11NO/c1-6-5-7-3-2-4-8-5;1-6-2-4-7-5-3-6/h2-4H,1H3,(H,6,7,8);2-5H2,1H3. The average Bonchev–Trinajstić information content (AvgIpc) is 2.32. The van der Waals surface area contributed by atoms with E-state index in [1.165, 1.54) is 0 Å². The van der Waals surface area contributed by atoms with Crippen molar-refractivity contribution < 1.29 is 4.74 Å². The number of morpholine rings is 1. The maximum atomic E-state index is 5.10. The number of anilines is 1. The zero-order valence-electron chi connectivity index (χ0n) is 9.31. The molecule has 84 valence electrons. The molecule has 0 bridgehead atoms. The summed E-state index contributed by atoms with van der Waals surface area (Å²) in [5, 5.41) is 2.80. The van der Waals surface area contributed by atoms with Crippen LogP contribution >= 0.6 is 0 Å². The van der Waals surface area contributed by atoms with E-state index < -0.39 is 0 Å². The van der Waals surface area contributed by atoms with Crippen LogP contribution in [0.3, 0.4) is 0 Å². The van der Waals surface area contributed by atoms with E-state index in [2.05, 4.69) is 27.2 Å². The smallest absolute Gasteiger partial charge is 0.222 e. The van der Waals surface area contributed by atoms with Gasteiger partial charge in [0.2, 0.25) is 5.95 Å². The van der Waals surface area contributed by atoms with Crippen LogP contribution in [0.4, 0.5) is 5.95 Å². The van der Waals surface area contributed by atoms with Gasteiger partial charge in [-0.25, -0.2) is 9.97 Å². The van der Waals surface area contributed by atoms with Crippen molar-refractivity contribution in [2.24, 2.45) is 0 Å². The van der Waals surface area contributed by atoms with Gasteiger partial charge in [-0.05, 0) is 13.1 Å².